The van der Waals surface area contributed by atoms with Gasteiger partial charge in [0.05, 0.1) is 0 Å². The average molecular weight is 299 g/mol. The van der Waals surface area contributed by atoms with Crippen LogP contribution in [0.2, 0.25) is 16.6 Å². The van der Waals surface area contributed by atoms with Crippen molar-refractivity contribution >= 4 is 8.32 Å². The molecule has 1 rings (SSSR count). The van der Waals surface area contributed by atoms with Crippen molar-refractivity contribution in [2.75, 3.05) is 13.2 Å². The quantitative estimate of drug-likeness (QED) is 0.300. The fourth-order valence-corrected chi connectivity index (χ4v) is 9.29. The maximum atomic E-state index is 8.95. The molecule has 0 atom stereocenters. The number of ether oxygens (including phenoxy) is 1. The first-order valence-electron chi connectivity index (χ1n) is 7.65. The highest BCUT2D eigenvalue weighted by Gasteiger charge is 2.50. The van der Waals surface area contributed by atoms with Crippen LogP contribution in [0.3, 0.4) is 0 Å². The Hall–Kier alpha value is -0.553. The lowest BCUT2D eigenvalue weighted by molar-refractivity contribution is -0.0515. The molecule has 0 spiro atoms. The molecule has 0 aromatic heterocycles. The zero-order valence-electron chi connectivity index (χ0n) is 13.7. The van der Waals surface area contributed by atoms with Crippen LogP contribution < -0.4 is 0 Å². The van der Waals surface area contributed by atoms with Gasteiger partial charge in [-0.3, -0.25) is 0 Å². The van der Waals surface area contributed by atoms with Crippen LogP contribution in [0.15, 0.2) is 5.11 Å². The Morgan fingerprint density at radius 1 is 1.05 bits per heavy atom. The van der Waals surface area contributed by atoms with Gasteiger partial charge in [-0.2, -0.15) is 0 Å². The van der Waals surface area contributed by atoms with Crippen LogP contribution in [-0.2, 0) is 9.16 Å². The van der Waals surface area contributed by atoms with Gasteiger partial charge in [-0.05, 0) is 22.2 Å². The predicted molar refractivity (Wildman–Crippen MR) is 84.1 cm³/mol. The Labute approximate surface area is 123 Å². The molecule has 0 aromatic rings. The van der Waals surface area contributed by atoms with E-state index in [1.54, 1.807) is 0 Å². The van der Waals surface area contributed by atoms with Crippen molar-refractivity contribution in [3.63, 3.8) is 0 Å². The minimum absolute atomic E-state index is 0.483. The van der Waals surface area contributed by atoms with E-state index in [4.69, 9.17) is 14.7 Å². The first kappa shape index (κ1) is 17.5. The molecule has 0 unspecified atom stereocenters. The summed E-state index contributed by atoms with van der Waals surface area (Å²) in [6.07, 6.45) is 1.33. The second-order valence-corrected chi connectivity index (χ2v) is 12.0. The first-order chi connectivity index (χ1) is 9.31. The standard InChI is InChI=1S/C14H29N3O2Si/c1-11(2)20(12(3)4,13(5)6)19-14(16-17-15)7-9-18-10-8-14/h11-13H,7-10H2,1-6H3. The van der Waals surface area contributed by atoms with Crippen molar-refractivity contribution in [2.24, 2.45) is 5.11 Å². The molecule has 1 aliphatic heterocycles. The molecular weight excluding hydrogens is 270 g/mol. The van der Waals surface area contributed by atoms with Gasteiger partial charge in [-0.1, -0.05) is 46.7 Å². The molecule has 0 radical (unpaired) electrons. The van der Waals surface area contributed by atoms with Gasteiger partial charge >= 0.3 is 0 Å². The normalized spacial score (nSPS) is 19.4. The largest absolute Gasteiger partial charge is 0.404 e. The minimum atomic E-state index is -2.04. The Kier molecular flexibility index (Phi) is 6.07. The number of rotatable bonds is 6. The van der Waals surface area contributed by atoms with E-state index in [9.17, 15) is 0 Å². The molecule has 6 heteroatoms. The third-order valence-corrected chi connectivity index (χ3v) is 10.7. The van der Waals surface area contributed by atoms with E-state index in [0.717, 1.165) is 0 Å². The molecule has 1 saturated heterocycles. The van der Waals surface area contributed by atoms with Crippen LogP contribution in [0, 0.1) is 0 Å². The smallest absolute Gasteiger partial charge is 0.201 e. The van der Waals surface area contributed by atoms with Crippen LogP contribution in [0.5, 0.6) is 0 Å². The highest BCUT2D eigenvalue weighted by molar-refractivity contribution is 6.77. The lowest BCUT2D eigenvalue weighted by Crippen LogP contribution is -2.55. The van der Waals surface area contributed by atoms with Crippen molar-refractivity contribution in [3.05, 3.63) is 10.4 Å². The lowest BCUT2D eigenvalue weighted by atomic mass is 10.1. The summed E-state index contributed by atoms with van der Waals surface area (Å²) in [4.78, 5) is 3.06. The number of nitrogens with zero attached hydrogens (tertiary/aromatic N) is 3. The SMILES string of the molecule is CC(C)[Si](OC1(N=[N+]=[N-])CCOCC1)(C(C)C)C(C)C. The summed E-state index contributed by atoms with van der Waals surface area (Å²) >= 11 is 0. The fraction of sp³-hybridized carbons (Fsp3) is 1.00. The summed E-state index contributed by atoms with van der Waals surface area (Å²) < 4.78 is 12.1. The van der Waals surface area contributed by atoms with Gasteiger partial charge < -0.3 is 9.16 Å². The topological polar surface area (TPSA) is 67.2 Å². The van der Waals surface area contributed by atoms with Gasteiger partial charge in [0.1, 0.15) is 5.72 Å². The highest BCUT2D eigenvalue weighted by atomic mass is 28.4. The molecule has 5 nitrogen and oxygen atoms in total. The molecule has 116 valence electrons. The maximum Gasteiger partial charge on any atom is 0.201 e. The third kappa shape index (κ3) is 3.37. The Morgan fingerprint density at radius 3 is 1.85 bits per heavy atom. The van der Waals surface area contributed by atoms with Crippen LogP contribution in [0.25, 0.3) is 10.4 Å². The molecule has 1 heterocycles. The van der Waals surface area contributed by atoms with Gasteiger partial charge in [0, 0.05) is 31.0 Å². The van der Waals surface area contributed by atoms with Crippen molar-refractivity contribution < 1.29 is 9.16 Å². The van der Waals surface area contributed by atoms with Crippen LogP contribution in [0.1, 0.15) is 54.4 Å². The van der Waals surface area contributed by atoms with E-state index in [1.165, 1.54) is 0 Å². The van der Waals surface area contributed by atoms with Crippen LogP contribution >= 0.6 is 0 Å². The number of hydrogen-bond acceptors (Lipinski definition) is 3. The van der Waals surface area contributed by atoms with E-state index in [0.29, 0.717) is 42.7 Å². The predicted octanol–water partition coefficient (Wildman–Crippen LogP) is 5.00. The minimum Gasteiger partial charge on any atom is -0.404 e. The second kappa shape index (κ2) is 6.94. The van der Waals surface area contributed by atoms with Gasteiger partial charge in [-0.25, -0.2) is 0 Å². The van der Waals surface area contributed by atoms with E-state index in [-0.39, 0.29) is 0 Å². The highest BCUT2D eigenvalue weighted by Crippen LogP contribution is 2.46. The molecule has 0 aliphatic carbocycles. The summed E-state index contributed by atoms with van der Waals surface area (Å²) in [5, 5.41) is 4.06. The van der Waals surface area contributed by atoms with E-state index < -0.39 is 14.0 Å². The van der Waals surface area contributed by atoms with Gasteiger partial charge in [0.15, 0.2) is 0 Å². The fourth-order valence-electron chi connectivity index (χ4n) is 3.68. The summed E-state index contributed by atoms with van der Waals surface area (Å²) in [5.74, 6) is 0. The zero-order valence-corrected chi connectivity index (χ0v) is 14.7. The van der Waals surface area contributed by atoms with Gasteiger partial charge in [-0.15, -0.1) is 0 Å². The molecule has 1 fully saturated rings. The lowest BCUT2D eigenvalue weighted by Gasteiger charge is -2.49. The molecule has 0 N–H and O–H groups in total. The van der Waals surface area contributed by atoms with E-state index >= 15 is 0 Å². The third-order valence-electron chi connectivity index (χ3n) is 4.57. The Bertz CT molecular complexity index is 338. The van der Waals surface area contributed by atoms with Crippen LogP contribution in [0.4, 0.5) is 0 Å². The van der Waals surface area contributed by atoms with E-state index in [2.05, 4.69) is 51.6 Å². The van der Waals surface area contributed by atoms with Crippen molar-refractivity contribution in [2.45, 2.75) is 76.7 Å². The second-order valence-electron chi connectivity index (χ2n) is 6.67. The van der Waals surface area contributed by atoms with Gasteiger partial charge in [0.2, 0.25) is 8.32 Å². The Balaban J connectivity index is 3.17. The summed E-state index contributed by atoms with van der Waals surface area (Å²) in [7, 11) is -2.04. The van der Waals surface area contributed by atoms with Crippen molar-refractivity contribution in [3.8, 4) is 0 Å². The van der Waals surface area contributed by atoms with E-state index in [1.807, 2.05) is 0 Å². The molecule has 20 heavy (non-hydrogen) atoms. The number of azide groups is 1. The van der Waals surface area contributed by atoms with Crippen molar-refractivity contribution in [1.29, 1.82) is 0 Å². The summed E-state index contributed by atoms with van der Waals surface area (Å²) in [5.41, 5.74) is 9.70. The molecule has 1 aliphatic rings. The summed E-state index contributed by atoms with van der Waals surface area (Å²) in [6.45, 7) is 14.7. The Morgan fingerprint density at radius 2 is 1.50 bits per heavy atom. The first-order valence-corrected chi connectivity index (χ1v) is 9.79. The summed E-state index contributed by atoms with van der Waals surface area (Å²) in [6, 6.07) is 0. The average Bonchev–Trinajstić information content (AvgIpc) is 2.36. The van der Waals surface area contributed by atoms with Gasteiger partial charge in [0.25, 0.3) is 0 Å². The zero-order chi connectivity index (χ0) is 15.4. The van der Waals surface area contributed by atoms with Crippen LogP contribution in [-0.4, -0.2) is 27.3 Å². The molecular formula is C14H29N3O2Si. The molecule has 0 amide bonds. The molecule has 0 aromatic carbocycles. The molecule has 0 saturated carbocycles. The number of hydrogen-bond donors (Lipinski definition) is 0. The maximum absolute atomic E-state index is 8.95. The monoisotopic (exact) mass is 299 g/mol. The molecule has 0 bridgehead atoms. The van der Waals surface area contributed by atoms with Crippen molar-refractivity contribution in [1.82, 2.24) is 0 Å².